The molecular weight excluding hydrogens is 263 g/mol. The summed E-state index contributed by atoms with van der Waals surface area (Å²) in [6.45, 7) is 0. The van der Waals surface area contributed by atoms with Crippen molar-refractivity contribution in [2.45, 2.75) is 18.7 Å². The third-order valence-electron chi connectivity index (χ3n) is 1.89. The normalized spacial score (nSPS) is 10.8. The van der Waals surface area contributed by atoms with Crippen LogP contribution >= 0.6 is 23.2 Å². The molecular formula is C9H7Cl2F2NO2. The maximum absolute atomic E-state index is 12.7. The lowest BCUT2D eigenvalue weighted by Gasteiger charge is -2.10. The number of alkyl halides is 3. The van der Waals surface area contributed by atoms with E-state index < -0.39 is 24.4 Å². The molecule has 1 aromatic heterocycles. The first-order valence-corrected chi connectivity index (χ1v) is 5.10. The van der Waals surface area contributed by atoms with E-state index in [1.165, 1.54) is 0 Å². The number of carboxylic acids is 1. The Morgan fingerprint density at radius 2 is 2.19 bits per heavy atom. The summed E-state index contributed by atoms with van der Waals surface area (Å²) < 4.78 is 25.3. The molecule has 0 aliphatic carbocycles. The van der Waals surface area contributed by atoms with E-state index in [4.69, 9.17) is 28.3 Å². The van der Waals surface area contributed by atoms with Crippen LogP contribution in [0.3, 0.4) is 0 Å². The number of aliphatic carboxylic acids is 1. The van der Waals surface area contributed by atoms with Gasteiger partial charge in [0.25, 0.3) is 6.43 Å². The molecule has 0 amide bonds. The van der Waals surface area contributed by atoms with Gasteiger partial charge in [0.1, 0.15) is 0 Å². The zero-order valence-electron chi connectivity index (χ0n) is 7.88. The second-order valence-corrected chi connectivity index (χ2v) is 3.61. The van der Waals surface area contributed by atoms with Gasteiger partial charge in [0.05, 0.1) is 28.6 Å². The molecule has 16 heavy (non-hydrogen) atoms. The zero-order chi connectivity index (χ0) is 12.3. The Morgan fingerprint density at radius 3 is 2.62 bits per heavy atom. The Morgan fingerprint density at radius 1 is 1.56 bits per heavy atom. The summed E-state index contributed by atoms with van der Waals surface area (Å²) in [6, 6.07) is 0. The first-order chi connectivity index (χ1) is 7.47. The topological polar surface area (TPSA) is 50.2 Å². The Hall–Kier alpha value is -0.940. The number of nitrogens with zero attached hydrogens (tertiary/aromatic N) is 1. The first-order valence-electron chi connectivity index (χ1n) is 4.19. The second-order valence-electron chi connectivity index (χ2n) is 2.96. The van der Waals surface area contributed by atoms with Gasteiger partial charge in [-0.25, -0.2) is 8.78 Å². The minimum absolute atomic E-state index is 0.0317. The molecule has 1 rings (SSSR count). The number of rotatable bonds is 4. The van der Waals surface area contributed by atoms with Crippen LogP contribution in [-0.2, 0) is 17.1 Å². The third kappa shape index (κ3) is 2.80. The van der Waals surface area contributed by atoms with Crippen LogP contribution in [0.15, 0.2) is 6.20 Å². The van der Waals surface area contributed by atoms with Crippen LogP contribution in [0.5, 0.6) is 0 Å². The molecule has 0 saturated heterocycles. The molecule has 0 radical (unpaired) electrons. The average molecular weight is 270 g/mol. The molecule has 0 fully saturated rings. The van der Waals surface area contributed by atoms with E-state index in [0.29, 0.717) is 0 Å². The largest absolute Gasteiger partial charge is 0.481 e. The molecule has 0 unspecified atom stereocenters. The van der Waals surface area contributed by atoms with E-state index in [1.807, 2.05) is 0 Å². The maximum atomic E-state index is 12.7. The van der Waals surface area contributed by atoms with E-state index in [-0.39, 0.29) is 22.2 Å². The summed E-state index contributed by atoms with van der Waals surface area (Å²) in [5.41, 5.74) is -0.468. The van der Waals surface area contributed by atoms with Gasteiger partial charge in [-0.3, -0.25) is 9.78 Å². The average Bonchev–Trinajstić information content (AvgIpc) is 2.19. The molecule has 0 saturated carbocycles. The molecule has 88 valence electrons. The van der Waals surface area contributed by atoms with Crippen molar-refractivity contribution in [3.8, 4) is 0 Å². The fourth-order valence-corrected chi connectivity index (χ4v) is 1.72. The molecule has 0 aliphatic rings. The highest BCUT2D eigenvalue weighted by molar-refractivity contribution is 6.32. The second kappa shape index (κ2) is 5.41. The smallest absolute Gasteiger partial charge is 0.307 e. The van der Waals surface area contributed by atoms with E-state index in [9.17, 15) is 13.6 Å². The van der Waals surface area contributed by atoms with Crippen molar-refractivity contribution in [3.63, 3.8) is 0 Å². The molecule has 3 nitrogen and oxygen atoms in total. The molecule has 0 spiro atoms. The minimum atomic E-state index is -2.83. The van der Waals surface area contributed by atoms with E-state index >= 15 is 0 Å². The molecule has 7 heteroatoms. The van der Waals surface area contributed by atoms with Crippen LogP contribution < -0.4 is 0 Å². The van der Waals surface area contributed by atoms with Gasteiger partial charge in [-0.05, 0) is 0 Å². The highest BCUT2D eigenvalue weighted by atomic mass is 35.5. The number of carbonyl (C=O) groups is 1. The van der Waals surface area contributed by atoms with Gasteiger partial charge in [0, 0.05) is 11.8 Å². The highest BCUT2D eigenvalue weighted by Crippen LogP contribution is 2.32. The van der Waals surface area contributed by atoms with Crippen LogP contribution in [0, 0.1) is 0 Å². The Bertz CT molecular complexity index is 413. The number of hydrogen-bond acceptors (Lipinski definition) is 2. The fraction of sp³-hybridized carbons (Fsp3) is 0.333. The standard InChI is InChI=1S/C9H7Cl2F2NO2/c10-2-5-7(9(12)13)8(11)4(3-14-5)1-6(15)16/h3,9H,1-2H2,(H,15,16). The van der Waals surface area contributed by atoms with Gasteiger partial charge in [0.15, 0.2) is 0 Å². The number of halogens is 4. The van der Waals surface area contributed by atoms with Crippen LogP contribution in [0.4, 0.5) is 8.78 Å². The van der Waals surface area contributed by atoms with Gasteiger partial charge in [-0.15, -0.1) is 11.6 Å². The molecule has 1 heterocycles. The maximum Gasteiger partial charge on any atom is 0.307 e. The minimum Gasteiger partial charge on any atom is -0.481 e. The van der Waals surface area contributed by atoms with Crippen molar-refractivity contribution >= 4 is 29.2 Å². The quantitative estimate of drug-likeness (QED) is 0.855. The number of carboxylic acid groups (broad SMARTS) is 1. The van der Waals surface area contributed by atoms with Crippen LogP contribution in [0.1, 0.15) is 23.2 Å². The lowest BCUT2D eigenvalue weighted by atomic mass is 10.1. The Labute approximate surface area is 100 Å². The summed E-state index contributed by atoms with van der Waals surface area (Å²) in [4.78, 5) is 14.1. The van der Waals surface area contributed by atoms with E-state index in [2.05, 4.69) is 4.98 Å². The molecule has 0 bridgehead atoms. The summed E-state index contributed by atoms with van der Waals surface area (Å²) in [6.07, 6.45) is -2.13. The van der Waals surface area contributed by atoms with Crippen molar-refractivity contribution in [2.24, 2.45) is 0 Å². The van der Waals surface area contributed by atoms with Crippen molar-refractivity contribution in [1.82, 2.24) is 4.98 Å². The predicted molar refractivity (Wildman–Crippen MR) is 55.1 cm³/mol. The van der Waals surface area contributed by atoms with Crippen molar-refractivity contribution in [2.75, 3.05) is 0 Å². The van der Waals surface area contributed by atoms with Gasteiger partial charge >= 0.3 is 5.97 Å². The van der Waals surface area contributed by atoms with E-state index in [1.54, 1.807) is 0 Å². The van der Waals surface area contributed by atoms with Crippen molar-refractivity contribution < 1.29 is 18.7 Å². The first kappa shape index (κ1) is 13.1. The third-order valence-corrected chi connectivity index (χ3v) is 2.59. The lowest BCUT2D eigenvalue weighted by molar-refractivity contribution is -0.136. The van der Waals surface area contributed by atoms with Gasteiger partial charge < -0.3 is 5.11 Å². The molecule has 0 aliphatic heterocycles. The lowest BCUT2D eigenvalue weighted by Crippen LogP contribution is -2.06. The predicted octanol–water partition coefficient (Wildman–Crippen LogP) is 3.04. The van der Waals surface area contributed by atoms with Crippen molar-refractivity contribution in [3.05, 3.63) is 28.0 Å². The SMILES string of the molecule is O=C(O)Cc1cnc(CCl)c(C(F)F)c1Cl. The highest BCUT2D eigenvalue weighted by Gasteiger charge is 2.21. The van der Waals surface area contributed by atoms with Crippen LogP contribution in [0.2, 0.25) is 5.02 Å². The number of aromatic nitrogens is 1. The Kier molecular flexibility index (Phi) is 4.44. The summed E-state index contributed by atoms with van der Waals surface area (Å²) in [5, 5.41) is 8.27. The molecule has 1 aromatic rings. The monoisotopic (exact) mass is 269 g/mol. The summed E-state index contributed by atoms with van der Waals surface area (Å²) in [5.74, 6) is -1.37. The summed E-state index contributed by atoms with van der Waals surface area (Å²) >= 11 is 11.1. The zero-order valence-corrected chi connectivity index (χ0v) is 9.40. The van der Waals surface area contributed by atoms with Crippen LogP contribution in [-0.4, -0.2) is 16.1 Å². The van der Waals surface area contributed by atoms with E-state index in [0.717, 1.165) is 6.20 Å². The number of hydrogen-bond donors (Lipinski definition) is 1. The number of pyridine rings is 1. The summed E-state index contributed by atoms with van der Waals surface area (Å²) in [7, 11) is 0. The Balaban J connectivity index is 3.26. The fourth-order valence-electron chi connectivity index (χ4n) is 1.20. The molecule has 0 atom stereocenters. The molecule has 1 N–H and O–H groups in total. The molecule has 0 aromatic carbocycles. The van der Waals surface area contributed by atoms with Crippen LogP contribution in [0.25, 0.3) is 0 Å². The van der Waals surface area contributed by atoms with Gasteiger partial charge in [-0.2, -0.15) is 0 Å². The van der Waals surface area contributed by atoms with Gasteiger partial charge in [0.2, 0.25) is 0 Å². The van der Waals surface area contributed by atoms with Gasteiger partial charge in [-0.1, -0.05) is 11.6 Å². The van der Waals surface area contributed by atoms with Crippen molar-refractivity contribution in [1.29, 1.82) is 0 Å².